The summed E-state index contributed by atoms with van der Waals surface area (Å²) in [6.45, 7) is 8.02. The van der Waals surface area contributed by atoms with Crippen LogP contribution >= 0.6 is 11.8 Å². The molecule has 2 unspecified atom stereocenters. The molecule has 0 heterocycles. The predicted octanol–water partition coefficient (Wildman–Crippen LogP) is 5.43. The minimum atomic E-state index is 0.475. The van der Waals surface area contributed by atoms with Crippen molar-refractivity contribution in [2.24, 2.45) is 5.92 Å². The number of rotatable bonds is 7. The van der Waals surface area contributed by atoms with Gasteiger partial charge >= 0.3 is 0 Å². The Balaban J connectivity index is 2.12. The van der Waals surface area contributed by atoms with Gasteiger partial charge in [0.05, 0.1) is 0 Å². The highest BCUT2D eigenvalue weighted by atomic mass is 32.2. The zero-order valence-corrected chi connectivity index (χ0v) is 14.7. The fourth-order valence-corrected chi connectivity index (χ4v) is 5.12. The van der Waals surface area contributed by atoms with Crippen LogP contribution in [0.15, 0.2) is 30.3 Å². The van der Waals surface area contributed by atoms with E-state index in [1.54, 1.807) is 0 Å². The van der Waals surface area contributed by atoms with Crippen LogP contribution in [0, 0.1) is 5.92 Å². The summed E-state index contributed by atoms with van der Waals surface area (Å²) in [6.07, 6.45) is 7.14. The molecule has 1 aromatic rings. The Bertz CT molecular complexity index is 384. The smallest absolute Gasteiger partial charge is 0.0443 e. The van der Waals surface area contributed by atoms with Gasteiger partial charge in [-0.1, -0.05) is 70.4 Å². The molecule has 1 aliphatic carbocycles. The van der Waals surface area contributed by atoms with Gasteiger partial charge in [0.25, 0.3) is 0 Å². The molecule has 2 heteroatoms. The molecule has 1 saturated carbocycles. The van der Waals surface area contributed by atoms with E-state index in [0.29, 0.717) is 17.2 Å². The Morgan fingerprint density at radius 3 is 2.33 bits per heavy atom. The van der Waals surface area contributed by atoms with Crippen molar-refractivity contribution in [2.75, 3.05) is 6.54 Å². The van der Waals surface area contributed by atoms with Gasteiger partial charge in [-0.25, -0.2) is 0 Å². The van der Waals surface area contributed by atoms with Gasteiger partial charge in [-0.05, 0) is 30.9 Å². The van der Waals surface area contributed by atoms with E-state index in [2.05, 4.69) is 68.2 Å². The van der Waals surface area contributed by atoms with E-state index in [9.17, 15) is 0 Å². The van der Waals surface area contributed by atoms with Gasteiger partial charge in [0, 0.05) is 16.5 Å². The summed E-state index contributed by atoms with van der Waals surface area (Å²) < 4.78 is 0. The lowest BCUT2D eigenvalue weighted by Crippen LogP contribution is -2.35. The molecule has 0 spiro atoms. The highest BCUT2D eigenvalue weighted by Gasteiger charge is 2.29. The number of thioether (sulfide) groups is 1. The molecule has 118 valence electrons. The van der Waals surface area contributed by atoms with Crippen LogP contribution in [0.4, 0.5) is 0 Å². The first-order valence-electron chi connectivity index (χ1n) is 8.66. The van der Waals surface area contributed by atoms with E-state index in [1.807, 2.05) is 0 Å². The normalized spacial score (nSPS) is 19.6. The Hall–Kier alpha value is -0.470. The van der Waals surface area contributed by atoms with Crippen LogP contribution in [-0.2, 0) is 0 Å². The summed E-state index contributed by atoms with van der Waals surface area (Å²) in [6, 6.07) is 11.5. The molecular formula is C19H31NS. The maximum absolute atomic E-state index is 3.75. The van der Waals surface area contributed by atoms with Crippen LogP contribution in [0.2, 0.25) is 0 Å². The van der Waals surface area contributed by atoms with Crippen molar-refractivity contribution >= 4 is 11.8 Å². The van der Waals surface area contributed by atoms with Crippen molar-refractivity contribution < 1.29 is 0 Å². The van der Waals surface area contributed by atoms with Crippen LogP contribution in [0.1, 0.15) is 64.5 Å². The third-order valence-electron chi connectivity index (χ3n) is 4.47. The standard InChI is InChI=1S/C19H31NS/c1-4-20-18(16-11-7-5-8-12-16)19(15(2)3)21-17-13-9-6-10-14-17/h5,7-8,11-12,15,17-20H,4,6,9-10,13-14H2,1-3H3. The third kappa shape index (κ3) is 5.03. The molecule has 0 radical (unpaired) electrons. The molecule has 1 N–H and O–H groups in total. The summed E-state index contributed by atoms with van der Waals surface area (Å²) >= 11 is 2.25. The lowest BCUT2D eigenvalue weighted by Gasteiger charge is -2.35. The van der Waals surface area contributed by atoms with Crippen molar-refractivity contribution in [3.05, 3.63) is 35.9 Å². The third-order valence-corrected chi connectivity index (χ3v) is 6.46. The number of hydrogen-bond donors (Lipinski definition) is 1. The molecule has 21 heavy (non-hydrogen) atoms. The lowest BCUT2D eigenvalue weighted by molar-refractivity contribution is 0.446. The molecule has 2 rings (SSSR count). The molecule has 0 bridgehead atoms. The van der Waals surface area contributed by atoms with Crippen molar-refractivity contribution in [1.29, 1.82) is 0 Å². The first-order valence-corrected chi connectivity index (χ1v) is 9.60. The van der Waals surface area contributed by atoms with Crippen LogP contribution in [0.5, 0.6) is 0 Å². The maximum atomic E-state index is 3.75. The van der Waals surface area contributed by atoms with Crippen LogP contribution < -0.4 is 5.32 Å². The molecule has 0 aromatic heterocycles. The molecule has 1 fully saturated rings. The maximum Gasteiger partial charge on any atom is 0.0443 e. The molecule has 1 aliphatic rings. The fourth-order valence-electron chi connectivity index (χ4n) is 3.35. The van der Waals surface area contributed by atoms with E-state index in [-0.39, 0.29) is 0 Å². The van der Waals surface area contributed by atoms with Crippen molar-refractivity contribution in [3.63, 3.8) is 0 Å². The van der Waals surface area contributed by atoms with Crippen LogP contribution in [0.25, 0.3) is 0 Å². The Kier molecular flexibility index (Phi) is 7.12. The van der Waals surface area contributed by atoms with Crippen LogP contribution in [-0.4, -0.2) is 17.0 Å². The zero-order valence-electron chi connectivity index (χ0n) is 13.8. The van der Waals surface area contributed by atoms with Gasteiger partial charge in [0.15, 0.2) is 0 Å². The Morgan fingerprint density at radius 2 is 1.76 bits per heavy atom. The molecule has 1 nitrogen and oxygen atoms in total. The summed E-state index contributed by atoms with van der Waals surface area (Å²) in [7, 11) is 0. The van der Waals surface area contributed by atoms with Gasteiger partial charge in [0.2, 0.25) is 0 Å². The Morgan fingerprint density at radius 1 is 1.10 bits per heavy atom. The monoisotopic (exact) mass is 305 g/mol. The summed E-state index contributed by atoms with van der Waals surface area (Å²) in [5, 5.41) is 5.28. The highest BCUT2D eigenvalue weighted by Crippen LogP contribution is 2.39. The van der Waals surface area contributed by atoms with Gasteiger partial charge in [-0.15, -0.1) is 0 Å². The van der Waals surface area contributed by atoms with Crippen molar-refractivity contribution in [1.82, 2.24) is 5.32 Å². The molecule has 1 aromatic carbocycles. The van der Waals surface area contributed by atoms with Gasteiger partial charge in [-0.2, -0.15) is 11.8 Å². The quantitative estimate of drug-likeness (QED) is 0.721. The molecule has 2 atom stereocenters. The average molecular weight is 306 g/mol. The van der Waals surface area contributed by atoms with E-state index in [0.717, 1.165) is 11.8 Å². The summed E-state index contributed by atoms with van der Waals surface area (Å²) in [5.74, 6) is 0.696. The van der Waals surface area contributed by atoms with Gasteiger partial charge in [0.1, 0.15) is 0 Å². The SMILES string of the molecule is CCNC(c1ccccc1)C(SC1CCCCC1)C(C)C. The van der Waals surface area contributed by atoms with Gasteiger partial charge in [-0.3, -0.25) is 0 Å². The van der Waals surface area contributed by atoms with E-state index < -0.39 is 0 Å². The second kappa shape index (κ2) is 8.85. The van der Waals surface area contributed by atoms with E-state index >= 15 is 0 Å². The van der Waals surface area contributed by atoms with Crippen LogP contribution in [0.3, 0.4) is 0 Å². The molecule has 0 amide bonds. The summed E-state index contributed by atoms with van der Waals surface area (Å²) in [4.78, 5) is 0. The zero-order chi connectivity index (χ0) is 15.1. The highest BCUT2D eigenvalue weighted by molar-refractivity contribution is 8.00. The lowest BCUT2D eigenvalue weighted by atomic mass is 9.96. The van der Waals surface area contributed by atoms with Gasteiger partial charge < -0.3 is 5.32 Å². The molecule has 0 saturated heterocycles. The topological polar surface area (TPSA) is 12.0 Å². The first-order chi connectivity index (χ1) is 10.2. The number of nitrogens with one attached hydrogen (secondary N) is 1. The molecular weight excluding hydrogens is 274 g/mol. The van der Waals surface area contributed by atoms with Crippen molar-refractivity contribution in [3.8, 4) is 0 Å². The number of benzene rings is 1. The second-order valence-corrected chi connectivity index (χ2v) is 8.03. The second-order valence-electron chi connectivity index (χ2n) is 6.55. The fraction of sp³-hybridized carbons (Fsp3) is 0.684. The average Bonchev–Trinajstić information content (AvgIpc) is 2.52. The van der Waals surface area contributed by atoms with E-state index in [1.165, 1.54) is 37.7 Å². The van der Waals surface area contributed by atoms with E-state index in [4.69, 9.17) is 0 Å². The molecule has 0 aliphatic heterocycles. The largest absolute Gasteiger partial charge is 0.309 e. The minimum absolute atomic E-state index is 0.475. The number of hydrogen-bond acceptors (Lipinski definition) is 2. The first kappa shape index (κ1) is 16.9. The minimum Gasteiger partial charge on any atom is -0.309 e. The van der Waals surface area contributed by atoms with Crippen molar-refractivity contribution in [2.45, 2.75) is 69.4 Å². The predicted molar refractivity (Wildman–Crippen MR) is 95.9 cm³/mol. The summed E-state index contributed by atoms with van der Waals surface area (Å²) in [5.41, 5.74) is 1.45. The Labute approximate surface area is 135 Å².